The first-order valence-corrected chi connectivity index (χ1v) is 11.2. The number of aromatic nitrogens is 3. The van der Waals surface area contributed by atoms with Gasteiger partial charge in [-0.3, -0.25) is 14.5 Å². The number of rotatable bonds is 6. The molecule has 0 aliphatic carbocycles. The molecule has 0 spiro atoms. The summed E-state index contributed by atoms with van der Waals surface area (Å²) in [4.78, 5) is 28.3. The van der Waals surface area contributed by atoms with Gasteiger partial charge in [0.1, 0.15) is 5.57 Å². The molecule has 7 nitrogen and oxygen atoms in total. The Balaban J connectivity index is 2.03. The highest BCUT2D eigenvalue weighted by molar-refractivity contribution is 6.45. The van der Waals surface area contributed by atoms with Gasteiger partial charge in [-0.05, 0) is 57.7 Å². The fraction of sp³-hybridized carbons (Fsp3) is 0.308. The molecule has 0 unspecified atom stereocenters. The van der Waals surface area contributed by atoms with Crippen LogP contribution in [0.4, 0.5) is 0 Å². The lowest BCUT2D eigenvalue weighted by Crippen LogP contribution is -2.42. The molecule has 0 saturated carbocycles. The van der Waals surface area contributed by atoms with E-state index in [1.54, 1.807) is 36.7 Å². The molecule has 0 N–H and O–H groups in total. The van der Waals surface area contributed by atoms with E-state index in [1.165, 1.54) is 9.58 Å². The maximum atomic E-state index is 13.7. The predicted octanol–water partition coefficient (Wildman–Crippen LogP) is 2.95. The normalized spacial score (nSPS) is 14.2. The molecule has 3 heterocycles. The van der Waals surface area contributed by atoms with Crippen molar-refractivity contribution in [3.63, 3.8) is 0 Å². The number of hydrogen-bond donors (Lipinski definition) is 0. The SMILES string of the molecule is CCCc1nn(-c2ccccc2)c([O-])c1C1=C([n+]2ccc(C)c(C)c2)C(=O)N(C(C)C)C1=O. The third-order valence-corrected chi connectivity index (χ3v) is 5.96. The summed E-state index contributed by atoms with van der Waals surface area (Å²) in [7, 11) is 0. The number of aryl methyl sites for hydroxylation is 3. The first-order chi connectivity index (χ1) is 15.8. The van der Waals surface area contributed by atoms with E-state index in [0.717, 1.165) is 17.5 Å². The van der Waals surface area contributed by atoms with E-state index >= 15 is 0 Å². The van der Waals surface area contributed by atoms with E-state index in [4.69, 9.17) is 0 Å². The van der Waals surface area contributed by atoms with Crippen molar-refractivity contribution in [2.24, 2.45) is 0 Å². The minimum atomic E-state index is -0.460. The Hall–Kier alpha value is -3.74. The molecule has 2 aromatic heterocycles. The Morgan fingerprint density at radius 2 is 1.73 bits per heavy atom. The Morgan fingerprint density at radius 3 is 2.33 bits per heavy atom. The molecule has 4 rings (SSSR count). The smallest absolute Gasteiger partial charge is 0.327 e. The van der Waals surface area contributed by atoms with Crippen molar-refractivity contribution in [1.82, 2.24) is 14.7 Å². The summed E-state index contributed by atoms with van der Waals surface area (Å²) >= 11 is 0. The monoisotopic (exact) mass is 444 g/mol. The molecule has 3 aromatic rings. The van der Waals surface area contributed by atoms with Crippen LogP contribution in [0.25, 0.3) is 17.0 Å². The Morgan fingerprint density at radius 1 is 1.03 bits per heavy atom. The van der Waals surface area contributed by atoms with Crippen molar-refractivity contribution < 1.29 is 19.3 Å². The van der Waals surface area contributed by atoms with Crippen LogP contribution in [0.2, 0.25) is 0 Å². The van der Waals surface area contributed by atoms with Gasteiger partial charge >= 0.3 is 5.91 Å². The van der Waals surface area contributed by atoms with Gasteiger partial charge in [0.25, 0.3) is 11.6 Å². The highest BCUT2D eigenvalue weighted by Crippen LogP contribution is 2.38. The number of carbonyl (C=O) groups excluding carboxylic acids is 2. The number of imide groups is 1. The second-order valence-corrected chi connectivity index (χ2v) is 8.64. The molecule has 0 atom stereocenters. The van der Waals surface area contributed by atoms with Gasteiger partial charge in [-0.1, -0.05) is 31.5 Å². The third-order valence-electron chi connectivity index (χ3n) is 5.96. The molecule has 0 bridgehead atoms. The second-order valence-electron chi connectivity index (χ2n) is 8.64. The average molecular weight is 445 g/mol. The van der Waals surface area contributed by atoms with Crippen LogP contribution in [0, 0.1) is 13.8 Å². The van der Waals surface area contributed by atoms with Gasteiger partial charge in [-0.2, -0.15) is 9.67 Å². The van der Waals surface area contributed by atoms with Gasteiger partial charge in [-0.25, -0.2) is 4.68 Å². The highest BCUT2D eigenvalue weighted by Gasteiger charge is 2.47. The largest absolute Gasteiger partial charge is 0.858 e. The van der Waals surface area contributed by atoms with Crippen molar-refractivity contribution in [1.29, 1.82) is 0 Å². The number of benzene rings is 1. The zero-order valence-corrected chi connectivity index (χ0v) is 19.6. The zero-order valence-electron chi connectivity index (χ0n) is 19.6. The molecule has 1 aromatic carbocycles. The standard InChI is InChI=1S/C26H28N4O3/c1-6-10-20-21(25(32)30(27-20)19-11-8-7-9-12-19)22-23(26(33)29(16(2)3)24(22)31)28-14-13-17(4)18(5)15-28/h7-9,11-16H,6,10H2,1-5H3. The summed E-state index contributed by atoms with van der Waals surface area (Å²) < 4.78 is 2.99. The molecule has 170 valence electrons. The highest BCUT2D eigenvalue weighted by atomic mass is 16.3. The summed E-state index contributed by atoms with van der Waals surface area (Å²) in [6, 6.07) is 10.7. The average Bonchev–Trinajstić information content (AvgIpc) is 3.23. The topological polar surface area (TPSA) is 82.1 Å². The van der Waals surface area contributed by atoms with E-state index in [-0.39, 0.29) is 22.9 Å². The number of pyridine rings is 1. The summed E-state index contributed by atoms with van der Waals surface area (Å²) in [5.74, 6) is -1.27. The van der Waals surface area contributed by atoms with Crippen LogP contribution in [0.5, 0.6) is 5.88 Å². The van der Waals surface area contributed by atoms with Crippen LogP contribution in [-0.4, -0.2) is 32.5 Å². The maximum Gasteiger partial charge on any atom is 0.327 e. The molecule has 0 fully saturated rings. The lowest BCUT2D eigenvalue weighted by atomic mass is 10.0. The number of nitrogens with zero attached hydrogens (tertiary/aromatic N) is 4. The summed E-state index contributed by atoms with van der Waals surface area (Å²) in [6.45, 7) is 9.50. The minimum absolute atomic E-state index is 0.123. The van der Waals surface area contributed by atoms with Crippen molar-refractivity contribution in [3.8, 4) is 11.6 Å². The Labute approximate surface area is 193 Å². The van der Waals surface area contributed by atoms with Crippen LogP contribution in [0.1, 0.15) is 49.6 Å². The molecule has 7 heteroatoms. The van der Waals surface area contributed by atoms with Gasteiger partial charge in [0, 0.05) is 23.2 Å². The molecule has 0 saturated heterocycles. The Kier molecular flexibility index (Phi) is 5.89. The summed E-state index contributed by atoms with van der Waals surface area (Å²) in [5.41, 5.74) is 3.71. The van der Waals surface area contributed by atoms with Crippen LogP contribution < -0.4 is 9.67 Å². The van der Waals surface area contributed by atoms with Gasteiger partial charge in [-0.15, -0.1) is 0 Å². The second kappa shape index (κ2) is 8.65. The Bertz CT molecular complexity index is 1270. The van der Waals surface area contributed by atoms with E-state index in [1.807, 2.05) is 51.2 Å². The molecule has 33 heavy (non-hydrogen) atoms. The molecule has 0 radical (unpaired) electrons. The molecule has 1 aliphatic rings. The molecule has 1 aliphatic heterocycles. The van der Waals surface area contributed by atoms with Crippen LogP contribution in [-0.2, 0) is 16.0 Å². The van der Waals surface area contributed by atoms with Crippen molar-refractivity contribution in [3.05, 3.63) is 71.2 Å². The zero-order chi connectivity index (χ0) is 23.9. The van der Waals surface area contributed by atoms with E-state index in [2.05, 4.69) is 5.10 Å². The third kappa shape index (κ3) is 3.73. The lowest BCUT2D eigenvalue weighted by Gasteiger charge is -2.18. The van der Waals surface area contributed by atoms with E-state index in [0.29, 0.717) is 17.8 Å². The van der Waals surface area contributed by atoms with Crippen molar-refractivity contribution in [2.45, 2.75) is 53.5 Å². The van der Waals surface area contributed by atoms with Gasteiger partial charge in [0.15, 0.2) is 12.4 Å². The minimum Gasteiger partial charge on any atom is -0.858 e. The number of carbonyl (C=O) groups is 2. The van der Waals surface area contributed by atoms with Crippen molar-refractivity contribution >= 4 is 23.1 Å². The first kappa shape index (κ1) is 22.5. The van der Waals surface area contributed by atoms with Gasteiger partial charge in [0.05, 0.1) is 11.4 Å². The van der Waals surface area contributed by atoms with Gasteiger partial charge in [0.2, 0.25) is 0 Å². The first-order valence-electron chi connectivity index (χ1n) is 11.2. The van der Waals surface area contributed by atoms with Gasteiger partial charge < -0.3 is 5.11 Å². The van der Waals surface area contributed by atoms with Crippen molar-refractivity contribution in [2.75, 3.05) is 0 Å². The fourth-order valence-electron chi connectivity index (χ4n) is 4.14. The molecular weight excluding hydrogens is 416 g/mol. The van der Waals surface area contributed by atoms with Crippen LogP contribution in [0.3, 0.4) is 0 Å². The number of para-hydroxylation sites is 1. The lowest BCUT2D eigenvalue weighted by molar-refractivity contribution is -0.577. The summed E-state index contributed by atoms with van der Waals surface area (Å²) in [6.07, 6.45) is 4.85. The predicted molar refractivity (Wildman–Crippen MR) is 123 cm³/mol. The molecular formula is C26H28N4O3. The molecule has 2 amide bonds. The number of hydrogen-bond acceptors (Lipinski definition) is 4. The quantitative estimate of drug-likeness (QED) is 0.432. The fourth-order valence-corrected chi connectivity index (χ4v) is 4.14. The van der Waals surface area contributed by atoms with E-state index < -0.39 is 17.7 Å². The van der Waals surface area contributed by atoms with E-state index in [9.17, 15) is 14.7 Å². The maximum absolute atomic E-state index is 13.7. The summed E-state index contributed by atoms with van der Waals surface area (Å²) in [5, 5.41) is 18.2. The van der Waals surface area contributed by atoms with Crippen LogP contribution in [0.15, 0.2) is 48.8 Å². The van der Waals surface area contributed by atoms with Crippen LogP contribution >= 0.6 is 0 Å². The number of amides is 2.